The third kappa shape index (κ3) is 4.21. The Labute approximate surface area is 278 Å². The lowest BCUT2D eigenvalue weighted by Crippen LogP contribution is -2.30. The molecule has 0 aliphatic heterocycles. The monoisotopic (exact) mass is 621 g/mol. The number of fused-ring (bicyclic) bond motifs is 9. The normalized spacial score (nSPS) is 13.5. The minimum atomic E-state index is -0.486. The second kappa shape index (κ2) is 11.0. The van der Waals surface area contributed by atoms with Crippen molar-refractivity contribution in [3.8, 4) is 11.1 Å². The van der Waals surface area contributed by atoms with E-state index in [1.165, 1.54) is 68.8 Å². The molecule has 0 heterocycles. The van der Waals surface area contributed by atoms with Crippen molar-refractivity contribution >= 4 is 28.7 Å². The van der Waals surface area contributed by atoms with E-state index in [0.29, 0.717) is 0 Å². The average Bonchev–Trinajstić information content (AvgIpc) is 3.36. The smallest absolute Gasteiger partial charge is 0.123 e. The van der Waals surface area contributed by atoms with Crippen LogP contribution in [0.2, 0.25) is 0 Å². The zero-order chi connectivity index (χ0) is 32.2. The van der Waals surface area contributed by atoms with Gasteiger partial charge in [-0.05, 0) is 122 Å². The van der Waals surface area contributed by atoms with E-state index in [1.54, 1.807) is 24.3 Å². The third-order valence-corrected chi connectivity index (χ3v) is 9.84. The van der Waals surface area contributed by atoms with E-state index in [2.05, 4.69) is 127 Å². The van der Waals surface area contributed by atoms with Gasteiger partial charge in [0.25, 0.3) is 0 Å². The fourth-order valence-corrected chi connectivity index (χ4v) is 7.86. The van der Waals surface area contributed by atoms with Gasteiger partial charge in [0.15, 0.2) is 0 Å². The zero-order valence-corrected chi connectivity index (χ0v) is 25.9. The van der Waals surface area contributed by atoms with Crippen LogP contribution in [-0.4, -0.2) is 0 Å². The van der Waals surface area contributed by atoms with Crippen LogP contribution in [0.4, 0.5) is 25.8 Å². The third-order valence-electron chi connectivity index (χ3n) is 9.84. The Kier molecular flexibility index (Phi) is 6.48. The van der Waals surface area contributed by atoms with Crippen molar-refractivity contribution in [1.29, 1.82) is 0 Å². The Hall–Kier alpha value is -6.06. The lowest BCUT2D eigenvalue weighted by Gasteiger charge is -2.35. The Morgan fingerprint density at radius 3 is 1.29 bits per heavy atom. The number of hydrogen-bond donors (Lipinski definition) is 0. The van der Waals surface area contributed by atoms with Crippen LogP contribution in [0, 0.1) is 11.6 Å². The first-order valence-corrected chi connectivity index (χ1v) is 16.1. The number of anilines is 3. The summed E-state index contributed by atoms with van der Waals surface area (Å²) in [5, 5.41) is 0. The topological polar surface area (TPSA) is 3.24 Å². The molecule has 3 heteroatoms. The van der Waals surface area contributed by atoms with Gasteiger partial charge in [0, 0.05) is 17.1 Å². The van der Waals surface area contributed by atoms with E-state index in [4.69, 9.17) is 0 Å². The van der Waals surface area contributed by atoms with Crippen molar-refractivity contribution in [2.24, 2.45) is 0 Å². The molecule has 1 nitrogen and oxygen atoms in total. The summed E-state index contributed by atoms with van der Waals surface area (Å²) >= 11 is 0. The van der Waals surface area contributed by atoms with Gasteiger partial charge in [-0.25, -0.2) is 8.78 Å². The van der Waals surface area contributed by atoms with Gasteiger partial charge in [-0.2, -0.15) is 0 Å². The van der Waals surface area contributed by atoms with E-state index in [0.717, 1.165) is 28.2 Å². The molecular weight excluding hydrogens is 592 g/mol. The Bertz CT molecular complexity index is 2260. The summed E-state index contributed by atoms with van der Waals surface area (Å²) in [7, 11) is 0. The highest BCUT2D eigenvalue weighted by atomic mass is 19.1. The number of nitrogens with zero attached hydrogens (tertiary/aromatic N) is 1. The maximum atomic E-state index is 13.9. The summed E-state index contributed by atoms with van der Waals surface area (Å²) < 4.78 is 27.9. The quantitative estimate of drug-likeness (QED) is 0.189. The van der Waals surface area contributed by atoms with Crippen LogP contribution in [0.1, 0.15) is 38.9 Å². The number of halogens is 2. The van der Waals surface area contributed by atoms with E-state index in [9.17, 15) is 8.78 Å². The van der Waals surface area contributed by atoms with Crippen LogP contribution in [-0.2, 0) is 5.41 Å². The lowest BCUT2D eigenvalue weighted by molar-refractivity contribution is 0.628. The molecule has 0 atom stereocenters. The second-order valence-electron chi connectivity index (χ2n) is 12.4. The van der Waals surface area contributed by atoms with Gasteiger partial charge in [0.2, 0.25) is 0 Å². The van der Waals surface area contributed by atoms with Crippen LogP contribution >= 0.6 is 0 Å². The highest BCUT2D eigenvalue weighted by molar-refractivity contribution is 5.99. The Balaban J connectivity index is 1.24. The fraction of sp³-hybridized carbons (Fsp3) is 0.0222. The maximum Gasteiger partial charge on any atom is 0.123 e. The van der Waals surface area contributed by atoms with E-state index >= 15 is 0 Å². The lowest BCUT2D eigenvalue weighted by atomic mass is 9.66. The van der Waals surface area contributed by atoms with Crippen molar-refractivity contribution < 1.29 is 8.78 Å². The van der Waals surface area contributed by atoms with Crippen LogP contribution in [0.3, 0.4) is 0 Å². The summed E-state index contributed by atoms with van der Waals surface area (Å²) in [6.45, 7) is 0. The average molecular weight is 622 g/mol. The van der Waals surface area contributed by atoms with Gasteiger partial charge in [0.05, 0.1) is 5.41 Å². The van der Waals surface area contributed by atoms with Crippen molar-refractivity contribution in [1.82, 2.24) is 0 Å². The van der Waals surface area contributed by atoms with Crippen LogP contribution in [0.5, 0.6) is 0 Å². The molecule has 0 saturated carbocycles. The Morgan fingerprint density at radius 1 is 0.375 bits per heavy atom. The number of benzene rings is 7. The van der Waals surface area contributed by atoms with Crippen LogP contribution < -0.4 is 4.90 Å². The van der Waals surface area contributed by atoms with Gasteiger partial charge in [0.1, 0.15) is 11.6 Å². The van der Waals surface area contributed by atoms with E-state index < -0.39 is 5.41 Å². The SMILES string of the molecule is Fc1ccc(N(c2ccc(F)cc2)c2ccc(C3=Cc4ccccc4C4(c5ccccc53)c3ccccc3-c3ccccc34)cc2)cc1. The first-order valence-electron chi connectivity index (χ1n) is 16.1. The molecule has 0 saturated heterocycles. The molecule has 0 amide bonds. The van der Waals surface area contributed by atoms with E-state index in [1.807, 2.05) is 4.90 Å². The second-order valence-corrected chi connectivity index (χ2v) is 12.4. The molecule has 7 aromatic rings. The molecule has 228 valence electrons. The van der Waals surface area contributed by atoms with Crippen molar-refractivity contribution in [3.63, 3.8) is 0 Å². The predicted octanol–water partition coefficient (Wildman–Crippen LogP) is 11.7. The highest BCUT2D eigenvalue weighted by Gasteiger charge is 2.48. The molecule has 1 spiro atoms. The minimum Gasteiger partial charge on any atom is -0.310 e. The zero-order valence-electron chi connectivity index (χ0n) is 25.9. The number of rotatable bonds is 4. The molecule has 0 N–H and O–H groups in total. The minimum absolute atomic E-state index is 0.308. The molecule has 48 heavy (non-hydrogen) atoms. The molecule has 2 aliphatic rings. The van der Waals surface area contributed by atoms with Gasteiger partial charge in [-0.15, -0.1) is 0 Å². The molecule has 9 rings (SSSR count). The van der Waals surface area contributed by atoms with E-state index in [-0.39, 0.29) is 11.6 Å². The molecular formula is C45H29F2N. The standard InChI is InChI=1S/C45H29F2N/c46-32-19-25-35(26-20-32)48(36-27-21-33(47)22-28-36)34-23-17-30(18-24-34)40-29-31-9-1-5-13-41(31)45(44-16-8-4-12-39(40)44)42-14-6-2-10-37(42)38-11-3-7-15-43(38)45/h1-29H. The fourth-order valence-electron chi connectivity index (χ4n) is 7.86. The number of hydrogen-bond acceptors (Lipinski definition) is 1. The molecule has 0 unspecified atom stereocenters. The summed E-state index contributed by atoms with van der Waals surface area (Å²) in [6.07, 6.45) is 2.33. The van der Waals surface area contributed by atoms with Crippen molar-refractivity contribution in [2.45, 2.75) is 5.41 Å². The largest absolute Gasteiger partial charge is 0.310 e. The molecule has 0 radical (unpaired) electrons. The van der Waals surface area contributed by atoms with Crippen LogP contribution in [0.25, 0.3) is 22.8 Å². The van der Waals surface area contributed by atoms with Crippen molar-refractivity contribution in [3.05, 3.63) is 220 Å². The first kappa shape index (κ1) is 28.2. The summed E-state index contributed by atoms with van der Waals surface area (Å²) in [4.78, 5) is 2.01. The summed E-state index contributed by atoms with van der Waals surface area (Å²) in [5.41, 5.74) is 14.2. The van der Waals surface area contributed by atoms with Gasteiger partial charge < -0.3 is 4.90 Å². The molecule has 0 fully saturated rings. The predicted molar refractivity (Wildman–Crippen MR) is 192 cm³/mol. The van der Waals surface area contributed by atoms with Crippen molar-refractivity contribution in [2.75, 3.05) is 4.90 Å². The molecule has 2 aliphatic carbocycles. The first-order chi connectivity index (χ1) is 23.6. The summed E-state index contributed by atoms with van der Waals surface area (Å²) in [5.74, 6) is -0.615. The highest BCUT2D eigenvalue weighted by Crippen LogP contribution is 2.59. The molecule has 0 aromatic heterocycles. The maximum absolute atomic E-state index is 13.9. The van der Waals surface area contributed by atoms with Gasteiger partial charge in [-0.3, -0.25) is 0 Å². The molecule has 0 bridgehead atoms. The van der Waals surface area contributed by atoms with Gasteiger partial charge >= 0.3 is 0 Å². The van der Waals surface area contributed by atoms with Gasteiger partial charge in [-0.1, -0.05) is 109 Å². The Morgan fingerprint density at radius 2 is 0.771 bits per heavy atom. The van der Waals surface area contributed by atoms with Crippen LogP contribution in [0.15, 0.2) is 170 Å². The summed E-state index contributed by atoms with van der Waals surface area (Å²) in [6, 6.07) is 56.5. The molecule has 7 aromatic carbocycles.